The third kappa shape index (κ3) is 2.96. The van der Waals surface area contributed by atoms with Gasteiger partial charge in [0.2, 0.25) is 0 Å². The van der Waals surface area contributed by atoms with Crippen LogP contribution in [0.1, 0.15) is 24.2 Å². The highest BCUT2D eigenvalue weighted by Gasteiger charge is 2.16. The van der Waals surface area contributed by atoms with Crippen molar-refractivity contribution in [3.05, 3.63) is 33.9 Å². The first kappa shape index (κ1) is 12.5. The van der Waals surface area contributed by atoms with E-state index in [1.165, 1.54) is 30.0 Å². The van der Waals surface area contributed by atoms with Gasteiger partial charge in [-0.3, -0.25) is 10.1 Å². The van der Waals surface area contributed by atoms with Crippen molar-refractivity contribution in [2.24, 2.45) is 0 Å². The van der Waals surface area contributed by atoms with Crippen LogP contribution >= 0.6 is 11.8 Å². The summed E-state index contributed by atoms with van der Waals surface area (Å²) in [5, 5.41) is 19.7. The van der Waals surface area contributed by atoms with E-state index in [1.807, 2.05) is 13.8 Å². The molecule has 0 fully saturated rings. The number of rotatable bonds is 4. The predicted octanol–water partition coefficient (Wildman–Crippen LogP) is 2.79. The molecule has 0 saturated heterocycles. The van der Waals surface area contributed by atoms with Crippen molar-refractivity contribution in [3.63, 3.8) is 0 Å². The molecule has 1 rings (SSSR count). The average Bonchev–Trinajstić information content (AvgIpc) is 2.15. The van der Waals surface area contributed by atoms with Crippen molar-refractivity contribution in [1.82, 2.24) is 0 Å². The summed E-state index contributed by atoms with van der Waals surface area (Å²) in [7, 11) is 0. The van der Waals surface area contributed by atoms with E-state index in [4.69, 9.17) is 5.11 Å². The zero-order chi connectivity index (χ0) is 12.3. The quantitative estimate of drug-likeness (QED) is 0.498. The Labute approximate surface area is 96.6 Å². The third-order valence-corrected chi connectivity index (χ3v) is 2.83. The number of nitro groups is 1. The maximum atomic E-state index is 10.9. The fourth-order valence-corrected chi connectivity index (χ4v) is 2.13. The summed E-state index contributed by atoms with van der Waals surface area (Å²) in [5.41, 5.74) is 0.0115. The molecule has 6 heteroatoms. The van der Waals surface area contributed by atoms with Gasteiger partial charge in [0.25, 0.3) is 5.69 Å². The fourth-order valence-electron chi connectivity index (χ4n) is 1.15. The van der Waals surface area contributed by atoms with Gasteiger partial charge in [-0.2, -0.15) is 0 Å². The molecule has 1 aromatic carbocycles. The van der Waals surface area contributed by atoms with E-state index in [0.29, 0.717) is 4.90 Å². The monoisotopic (exact) mass is 241 g/mol. The Kier molecular flexibility index (Phi) is 3.89. The molecule has 0 aliphatic carbocycles. The zero-order valence-electron chi connectivity index (χ0n) is 8.84. The highest BCUT2D eigenvalue weighted by Crippen LogP contribution is 2.30. The predicted molar refractivity (Wildman–Crippen MR) is 61.0 cm³/mol. The Morgan fingerprint density at radius 1 is 1.50 bits per heavy atom. The van der Waals surface area contributed by atoms with E-state index in [0.717, 1.165) is 0 Å². The van der Waals surface area contributed by atoms with E-state index >= 15 is 0 Å². The summed E-state index contributed by atoms with van der Waals surface area (Å²) in [6.45, 7) is 3.80. The van der Waals surface area contributed by atoms with Gasteiger partial charge in [-0.1, -0.05) is 13.8 Å². The number of nitro benzene ring substituents is 1. The van der Waals surface area contributed by atoms with Crippen LogP contribution in [0, 0.1) is 10.1 Å². The lowest BCUT2D eigenvalue weighted by atomic mass is 10.2. The summed E-state index contributed by atoms with van der Waals surface area (Å²) in [5.74, 6) is -1.07. The summed E-state index contributed by atoms with van der Waals surface area (Å²) < 4.78 is 0. The largest absolute Gasteiger partial charge is 0.478 e. The van der Waals surface area contributed by atoms with Gasteiger partial charge in [0.05, 0.1) is 10.5 Å². The van der Waals surface area contributed by atoms with Crippen molar-refractivity contribution in [2.45, 2.75) is 24.0 Å². The molecule has 0 aromatic heterocycles. The molecule has 0 aliphatic heterocycles. The van der Waals surface area contributed by atoms with E-state index in [-0.39, 0.29) is 16.5 Å². The topological polar surface area (TPSA) is 80.4 Å². The molecule has 0 bridgehead atoms. The highest BCUT2D eigenvalue weighted by atomic mass is 32.2. The van der Waals surface area contributed by atoms with Gasteiger partial charge >= 0.3 is 5.97 Å². The van der Waals surface area contributed by atoms with Crippen molar-refractivity contribution in [1.29, 1.82) is 0 Å². The number of thioether (sulfide) groups is 1. The number of carboxylic acids is 1. The normalized spacial score (nSPS) is 10.4. The van der Waals surface area contributed by atoms with E-state index < -0.39 is 10.9 Å². The molecule has 16 heavy (non-hydrogen) atoms. The molecule has 5 nitrogen and oxygen atoms in total. The Morgan fingerprint density at radius 2 is 2.12 bits per heavy atom. The first-order valence-electron chi connectivity index (χ1n) is 4.60. The van der Waals surface area contributed by atoms with Crippen molar-refractivity contribution < 1.29 is 14.8 Å². The minimum Gasteiger partial charge on any atom is -0.478 e. The maximum absolute atomic E-state index is 10.9. The van der Waals surface area contributed by atoms with Crippen LogP contribution in [0.25, 0.3) is 0 Å². The number of non-ortho nitro benzene ring substituents is 1. The van der Waals surface area contributed by atoms with Crippen molar-refractivity contribution >= 4 is 23.4 Å². The van der Waals surface area contributed by atoms with Crippen LogP contribution in [0.3, 0.4) is 0 Å². The second-order valence-electron chi connectivity index (χ2n) is 3.41. The SMILES string of the molecule is CC(C)Sc1cc([N+](=O)[O-])ccc1C(=O)O. The van der Waals surface area contributed by atoms with Crippen LogP contribution in [0.5, 0.6) is 0 Å². The summed E-state index contributed by atoms with van der Waals surface area (Å²) >= 11 is 1.30. The number of nitrogens with zero attached hydrogens (tertiary/aromatic N) is 1. The lowest BCUT2D eigenvalue weighted by Crippen LogP contribution is -2.01. The van der Waals surface area contributed by atoms with E-state index in [9.17, 15) is 14.9 Å². The number of carbonyl (C=O) groups is 1. The van der Waals surface area contributed by atoms with Gasteiger partial charge in [-0.25, -0.2) is 4.79 Å². The molecule has 86 valence electrons. The molecular weight excluding hydrogens is 230 g/mol. The molecule has 1 aromatic rings. The fraction of sp³-hybridized carbons (Fsp3) is 0.300. The zero-order valence-corrected chi connectivity index (χ0v) is 9.65. The van der Waals surface area contributed by atoms with Crippen molar-refractivity contribution in [2.75, 3.05) is 0 Å². The van der Waals surface area contributed by atoms with Gasteiger partial charge in [0.1, 0.15) is 0 Å². The Hall–Kier alpha value is -1.56. The molecule has 0 amide bonds. The second kappa shape index (κ2) is 4.98. The molecule has 0 atom stereocenters. The second-order valence-corrected chi connectivity index (χ2v) is 5.03. The van der Waals surface area contributed by atoms with Crippen LogP contribution in [-0.2, 0) is 0 Å². The minimum atomic E-state index is -1.07. The molecule has 1 N–H and O–H groups in total. The molecule has 0 heterocycles. The minimum absolute atomic E-state index is 0.0897. The maximum Gasteiger partial charge on any atom is 0.336 e. The lowest BCUT2D eigenvalue weighted by molar-refractivity contribution is -0.385. The first-order chi connectivity index (χ1) is 7.41. The molecule has 0 unspecified atom stereocenters. The van der Waals surface area contributed by atoms with Crippen LogP contribution in [0.15, 0.2) is 23.1 Å². The van der Waals surface area contributed by atoms with Gasteiger partial charge in [-0.15, -0.1) is 11.8 Å². The smallest absolute Gasteiger partial charge is 0.336 e. The molecule has 0 saturated carbocycles. The Balaban J connectivity index is 3.21. The first-order valence-corrected chi connectivity index (χ1v) is 5.48. The number of aromatic carboxylic acids is 1. The lowest BCUT2D eigenvalue weighted by Gasteiger charge is -2.07. The van der Waals surface area contributed by atoms with Crippen molar-refractivity contribution in [3.8, 4) is 0 Å². The van der Waals surface area contributed by atoms with Gasteiger partial charge in [0, 0.05) is 22.3 Å². The average molecular weight is 241 g/mol. The van der Waals surface area contributed by atoms with Gasteiger partial charge in [0.15, 0.2) is 0 Å². The standard InChI is InChI=1S/C10H11NO4S/c1-6(2)16-9-5-7(11(14)15)3-4-8(9)10(12)13/h3-6H,1-2H3,(H,12,13). The highest BCUT2D eigenvalue weighted by molar-refractivity contribution is 8.00. The number of carboxylic acid groups (broad SMARTS) is 1. The van der Waals surface area contributed by atoms with E-state index in [2.05, 4.69) is 0 Å². The number of hydrogen-bond donors (Lipinski definition) is 1. The number of hydrogen-bond acceptors (Lipinski definition) is 4. The Bertz CT molecular complexity index is 431. The number of benzene rings is 1. The summed E-state index contributed by atoms with van der Waals surface area (Å²) in [4.78, 5) is 21.4. The third-order valence-electron chi connectivity index (χ3n) is 1.77. The molecular formula is C10H11NO4S. The molecule has 0 radical (unpaired) electrons. The van der Waals surface area contributed by atoms with Crippen LogP contribution in [-0.4, -0.2) is 21.2 Å². The van der Waals surface area contributed by atoms with Crippen LogP contribution < -0.4 is 0 Å². The summed E-state index contributed by atoms with van der Waals surface area (Å²) in [6.07, 6.45) is 0. The van der Waals surface area contributed by atoms with Gasteiger partial charge < -0.3 is 5.11 Å². The van der Waals surface area contributed by atoms with Crippen LogP contribution in [0.2, 0.25) is 0 Å². The van der Waals surface area contributed by atoms with Crippen LogP contribution in [0.4, 0.5) is 5.69 Å². The van der Waals surface area contributed by atoms with Gasteiger partial charge in [-0.05, 0) is 6.07 Å². The molecule has 0 spiro atoms. The van der Waals surface area contributed by atoms with E-state index in [1.54, 1.807) is 0 Å². The molecule has 0 aliphatic rings. The summed E-state index contributed by atoms with van der Waals surface area (Å²) in [6, 6.07) is 3.77. The Morgan fingerprint density at radius 3 is 2.56 bits per heavy atom.